The Morgan fingerprint density at radius 1 is 1.82 bits per heavy atom. The van der Waals surface area contributed by atoms with E-state index in [4.69, 9.17) is 4.74 Å². The first-order chi connectivity index (χ1) is 5.11. The summed E-state index contributed by atoms with van der Waals surface area (Å²) in [5.41, 5.74) is 0.209. The Labute approximate surface area is 63.8 Å². The second kappa shape index (κ2) is 2.74. The minimum absolute atomic E-state index is 0.0945. The summed E-state index contributed by atoms with van der Waals surface area (Å²) < 4.78 is 9.27. The van der Waals surface area contributed by atoms with Crippen LogP contribution in [-0.4, -0.2) is 24.6 Å². The monoisotopic (exact) mass is 156 g/mol. The molecule has 1 atom stereocenters. The molecule has 4 heteroatoms. The molecule has 1 saturated heterocycles. The Bertz CT molecular complexity index is 218. The summed E-state index contributed by atoms with van der Waals surface area (Å²) in [5, 5.41) is 0. The average molecular weight is 156 g/mol. The van der Waals surface area contributed by atoms with Crippen LogP contribution in [0.15, 0.2) is 12.2 Å². The molecule has 0 aromatic carbocycles. The highest BCUT2D eigenvalue weighted by Crippen LogP contribution is 2.15. The number of ether oxygens (including phenoxy) is 2. The normalized spacial score (nSPS) is 23.2. The van der Waals surface area contributed by atoms with Crippen molar-refractivity contribution < 1.29 is 19.1 Å². The predicted octanol–water partition coefficient (Wildman–Crippen LogP) is 0.0311. The van der Waals surface area contributed by atoms with E-state index in [-0.39, 0.29) is 12.2 Å². The molecule has 1 aliphatic heterocycles. The van der Waals surface area contributed by atoms with Crippen LogP contribution in [-0.2, 0) is 19.1 Å². The molecular formula is C7H8O4. The van der Waals surface area contributed by atoms with Gasteiger partial charge in [-0.1, -0.05) is 6.58 Å². The van der Waals surface area contributed by atoms with Gasteiger partial charge in [0, 0.05) is 6.92 Å². The Morgan fingerprint density at radius 2 is 2.45 bits per heavy atom. The maximum Gasteiger partial charge on any atom is 0.337 e. The highest BCUT2D eigenvalue weighted by atomic mass is 16.6. The third kappa shape index (κ3) is 1.58. The van der Waals surface area contributed by atoms with E-state index in [9.17, 15) is 9.59 Å². The standard InChI is InChI=1S/C7H8O4/c1-4-6(11-5(2)8)3-10-7(4)9/h6H,1,3H2,2H3/t6-/m0/s1. The van der Waals surface area contributed by atoms with E-state index in [0.29, 0.717) is 0 Å². The van der Waals surface area contributed by atoms with Crippen molar-refractivity contribution in [2.24, 2.45) is 0 Å². The molecule has 4 nitrogen and oxygen atoms in total. The summed E-state index contributed by atoms with van der Waals surface area (Å²) in [6, 6.07) is 0. The number of esters is 2. The Hall–Kier alpha value is -1.32. The predicted molar refractivity (Wildman–Crippen MR) is 35.7 cm³/mol. The molecule has 1 aliphatic rings. The lowest BCUT2D eigenvalue weighted by Crippen LogP contribution is -2.17. The fourth-order valence-electron chi connectivity index (χ4n) is 0.782. The topological polar surface area (TPSA) is 52.6 Å². The van der Waals surface area contributed by atoms with E-state index in [0.717, 1.165) is 0 Å². The molecule has 11 heavy (non-hydrogen) atoms. The maximum absolute atomic E-state index is 10.7. The van der Waals surface area contributed by atoms with Crippen molar-refractivity contribution >= 4 is 11.9 Å². The molecule has 0 unspecified atom stereocenters. The number of rotatable bonds is 1. The lowest BCUT2D eigenvalue weighted by Gasteiger charge is -2.05. The van der Waals surface area contributed by atoms with Crippen molar-refractivity contribution in [2.75, 3.05) is 6.61 Å². The molecule has 0 saturated carbocycles. The largest absolute Gasteiger partial charge is 0.458 e. The lowest BCUT2D eigenvalue weighted by molar-refractivity contribution is -0.145. The van der Waals surface area contributed by atoms with Crippen LogP contribution in [0.2, 0.25) is 0 Å². The number of carbonyl (C=O) groups is 2. The zero-order valence-electron chi connectivity index (χ0n) is 6.12. The molecule has 0 amide bonds. The van der Waals surface area contributed by atoms with Gasteiger partial charge in [0.2, 0.25) is 0 Å². The Balaban J connectivity index is 2.55. The van der Waals surface area contributed by atoms with Crippen LogP contribution in [0.1, 0.15) is 6.92 Å². The van der Waals surface area contributed by atoms with Gasteiger partial charge in [-0.25, -0.2) is 4.79 Å². The van der Waals surface area contributed by atoms with Gasteiger partial charge >= 0.3 is 11.9 Å². The van der Waals surface area contributed by atoms with Gasteiger partial charge in [0.15, 0.2) is 6.10 Å². The second-order valence-corrected chi connectivity index (χ2v) is 2.22. The minimum atomic E-state index is -0.583. The molecule has 1 heterocycles. The van der Waals surface area contributed by atoms with Crippen LogP contribution in [0.25, 0.3) is 0 Å². The summed E-state index contributed by atoms with van der Waals surface area (Å²) in [4.78, 5) is 21.1. The van der Waals surface area contributed by atoms with E-state index in [1.165, 1.54) is 6.92 Å². The van der Waals surface area contributed by atoms with Crippen LogP contribution in [0.5, 0.6) is 0 Å². The highest BCUT2D eigenvalue weighted by Gasteiger charge is 2.30. The maximum atomic E-state index is 10.7. The second-order valence-electron chi connectivity index (χ2n) is 2.22. The molecular weight excluding hydrogens is 148 g/mol. The first-order valence-electron chi connectivity index (χ1n) is 3.14. The lowest BCUT2D eigenvalue weighted by atomic mass is 10.2. The van der Waals surface area contributed by atoms with Crippen LogP contribution < -0.4 is 0 Å². The fourth-order valence-corrected chi connectivity index (χ4v) is 0.782. The molecule has 0 aromatic rings. The first-order valence-corrected chi connectivity index (χ1v) is 3.14. The van der Waals surface area contributed by atoms with Crippen LogP contribution in [0.4, 0.5) is 0 Å². The van der Waals surface area contributed by atoms with Crippen LogP contribution >= 0.6 is 0 Å². The van der Waals surface area contributed by atoms with Gasteiger partial charge in [-0.2, -0.15) is 0 Å². The molecule has 0 bridgehead atoms. The smallest absolute Gasteiger partial charge is 0.337 e. The summed E-state index contributed by atoms with van der Waals surface area (Å²) in [6.45, 7) is 4.79. The zero-order valence-corrected chi connectivity index (χ0v) is 6.12. The van der Waals surface area contributed by atoms with Gasteiger partial charge < -0.3 is 9.47 Å². The van der Waals surface area contributed by atoms with Gasteiger partial charge in [-0.3, -0.25) is 4.79 Å². The van der Waals surface area contributed by atoms with E-state index >= 15 is 0 Å². The van der Waals surface area contributed by atoms with E-state index in [1.54, 1.807) is 0 Å². The van der Waals surface area contributed by atoms with Crippen LogP contribution in [0.3, 0.4) is 0 Å². The van der Waals surface area contributed by atoms with Crippen molar-refractivity contribution in [1.82, 2.24) is 0 Å². The molecule has 1 fully saturated rings. The molecule has 60 valence electrons. The number of cyclic esters (lactones) is 1. The first kappa shape index (κ1) is 7.78. The van der Waals surface area contributed by atoms with Gasteiger partial charge in [0.05, 0.1) is 5.57 Å². The van der Waals surface area contributed by atoms with E-state index in [2.05, 4.69) is 11.3 Å². The van der Waals surface area contributed by atoms with Crippen molar-refractivity contribution in [1.29, 1.82) is 0 Å². The molecule has 0 N–H and O–H groups in total. The number of hydrogen-bond acceptors (Lipinski definition) is 4. The third-order valence-corrected chi connectivity index (χ3v) is 1.32. The van der Waals surface area contributed by atoms with Crippen LogP contribution in [0, 0.1) is 0 Å². The van der Waals surface area contributed by atoms with Gasteiger partial charge in [0.25, 0.3) is 0 Å². The van der Waals surface area contributed by atoms with Gasteiger partial charge in [-0.15, -0.1) is 0 Å². The Kier molecular flexibility index (Phi) is 1.94. The minimum Gasteiger partial charge on any atom is -0.458 e. The van der Waals surface area contributed by atoms with Crippen molar-refractivity contribution in [2.45, 2.75) is 13.0 Å². The van der Waals surface area contributed by atoms with Gasteiger partial charge in [-0.05, 0) is 0 Å². The van der Waals surface area contributed by atoms with Crippen molar-refractivity contribution in [3.63, 3.8) is 0 Å². The molecule has 0 aromatic heterocycles. The third-order valence-electron chi connectivity index (χ3n) is 1.32. The summed E-state index contributed by atoms with van der Waals surface area (Å²) in [7, 11) is 0. The average Bonchev–Trinajstić information content (AvgIpc) is 2.18. The molecule has 0 spiro atoms. The fraction of sp³-hybridized carbons (Fsp3) is 0.429. The molecule has 0 aliphatic carbocycles. The number of hydrogen-bond donors (Lipinski definition) is 0. The highest BCUT2D eigenvalue weighted by molar-refractivity contribution is 5.91. The zero-order chi connectivity index (χ0) is 8.43. The molecule has 1 rings (SSSR count). The SMILES string of the molecule is C=C1C(=O)OC[C@@H]1OC(C)=O. The summed E-state index contributed by atoms with van der Waals surface area (Å²) in [6.07, 6.45) is -0.583. The van der Waals surface area contributed by atoms with Gasteiger partial charge in [0.1, 0.15) is 6.61 Å². The summed E-state index contributed by atoms with van der Waals surface area (Å²) in [5.74, 6) is -0.925. The molecule has 0 radical (unpaired) electrons. The summed E-state index contributed by atoms with van der Waals surface area (Å²) >= 11 is 0. The van der Waals surface area contributed by atoms with E-state index in [1.807, 2.05) is 0 Å². The Morgan fingerprint density at radius 3 is 2.82 bits per heavy atom. The number of carbonyl (C=O) groups excluding carboxylic acids is 2. The quantitative estimate of drug-likeness (QED) is 0.397. The van der Waals surface area contributed by atoms with Crippen molar-refractivity contribution in [3.05, 3.63) is 12.2 Å². The van der Waals surface area contributed by atoms with Crippen molar-refractivity contribution in [3.8, 4) is 0 Å². The van der Waals surface area contributed by atoms with E-state index < -0.39 is 18.0 Å².